The number of carbonyl (C=O) groups excluding carboxylic acids is 1. The van der Waals surface area contributed by atoms with Gasteiger partial charge < -0.3 is 5.32 Å². The van der Waals surface area contributed by atoms with Crippen LogP contribution in [0.15, 0.2) is 0 Å². The molecule has 0 rings (SSSR count). The summed E-state index contributed by atoms with van der Waals surface area (Å²) >= 11 is 4.04. The van der Waals surface area contributed by atoms with Crippen LogP contribution in [0, 0.1) is 0 Å². The molecule has 0 heterocycles. The fourth-order valence-electron chi connectivity index (χ4n) is 1.47. The van der Waals surface area contributed by atoms with Crippen molar-refractivity contribution >= 4 is 26.6 Å². The molecule has 0 atom stereocenters. The lowest BCUT2D eigenvalue weighted by Crippen LogP contribution is -2.42. The molecule has 1 N–H and O–H groups in total. The van der Waals surface area contributed by atoms with Crippen LogP contribution in [-0.2, 0) is 4.79 Å². The Morgan fingerprint density at radius 2 is 2.00 bits per heavy atom. The van der Waals surface area contributed by atoms with E-state index in [9.17, 15) is 4.79 Å². The fraction of sp³-hybridized carbons (Fsp3) is 0.909. The molecule has 0 saturated heterocycles. The van der Waals surface area contributed by atoms with Crippen molar-refractivity contribution in [3.63, 3.8) is 0 Å². The summed E-state index contributed by atoms with van der Waals surface area (Å²) in [5, 5.41) is 3.02. The van der Waals surface area contributed by atoms with E-state index in [0.717, 1.165) is 6.17 Å². The molecule has 0 aliphatic heterocycles. The maximum Gasteiger partial charge on any atom is 0.220 e. The smallest absolute Gasteiger partial charge is 0.220 e. The molecule has 0 saturated carbocycles. The first-order valence-electron chi connectivity index (χ1n) is 5.89. The van der Waals surface area contributed by atoms with E-state index in [1.165, 1.54) is 25.3 Å². The van der Waals surface area contributed by atoms with Crippen molar-refractivity contribution in [3.8, 4) is 0 Å². The first-order chi connectivity index (χ1) is 7.02. The van der Waals surface area contributed by atoms with Gasteiger partial charge in [-0.3, -0.25) is 4.79 Å². The average Bonchev–Trinajstić information content (AvgIpc) is 2.16. The Morgan fingerprint density at radius 1 is 1.33 bits per heavy atom. The van der Waals surface area contributed by atoms with E-state index < -0.39 is 8.07 Å². The van der Waals surface area contributed by atoms with E-state index in [1.54, 1.807) is 0 Å². The highest BCUT2D eigenvalue weighted by molar-refractivity contribution is 7.80. The molecular weight excluding hydrogens is 222 g/mol. The second-order valence-electron chi connectivity index (χ2n) is 4.87. The molecule has 0 fully saturated rings. The first-order valence-corrected chi connectivity index (χ1v) is 9.94. The Balaban J connectivity index is 3.67. The summed E-state index contributed by atoms with van der Waals surface area (Å²) in [6, 6.07) is 1.32. The molecule has 90 valence electrons. The van der Waals surface area contributed by atoms with Crippen LogP contribution in [0.5, 0.6) is 0 Å². The third-order valence-electron chi connectivity index (χ3n) is 2.56. The molecule has 0 aromatic carbocycles. The molecule has 0 aliphatic rings. The van der Waals surface area contributed by atoms with E-state index in [1.807, 2.05) is 0 Å². The van der Waals surface area contributed by atoms with Gasteiger partial charge >= 0.3 is 0 Å². The molecular formula is C11H25NOSSi. The quantitative estimate of drug-likeness (QED) is 0.385. The van der Waals surface area contributed by atoms with Gasteiger partial charge in [-0.05, 0) is 5.75 Å². The van der Waals surface area contributed by atoms with Crippen LogP contribution in [-0.4, -0.2) is 25.9 Å². The van der Waals surface area contributed by atoms with Gasteiger partial charge in [0.1, 0.15) is 0 Å². The van der Waals surface area contributed by atoms with Crippen LogP contribution in [0.25, 0.3) is 0 Å². The maximum atomic E-state index is 11.3. The first kappa shape index (κ1) is 15.0. The van der Waals surface area contributed by atoms with Gasteiger partial charge in [0.25, 0.3) is 0 Å². The topological polar surface area (TPSA) is 29.1 Å². The third kappa shape index (κ3) is 8.99. The molecule has 4 heteroatoms. The lowest BCUT2D eigenvalue weighted by atomic mass is 10.3. The van der Waals surface area contributed by atoms with Crippen molar-refractivity contribution in [2.45, 2.75) is 51.7 Å². The number of amides is 1. The highest BCUT2D eigenvalue weighted by atomic mass is 32.1. The van der Waals surface area contributed by atoms with Crippen molar-refractivity contribution in [1.29, 1.82) is 0 Å². The fourth-order valence-corrected chi connectivity index (χ4v) is 3.73. The summed E-state index contributed by atoms with van der Waals surface area (Å²) in [7, 11) is -1.19. The summed E-state index contributed by atoms with van der Waals surface area (Å²) in [5.74, 6) is 0.796. The van der Waals surface area contributed by atoms with E-state index >= 15 is 0 Å². The Labute approximate surface area is 101 Å². The molecule has 15 heavy (non-hydrogen) atoms. The van der Waals surface area contributed by atoms with Crippen molar-refractivity contribution in [1.82, 2.24) is 5.32 Å². The minimum Gasteiger partial charge on any atom is -0.359 e. The van der Waals surface area contributed by atoms with Crippen LogP contribution >= 0.6 is 12.6 Å². The van der Waals surface area contributed by atoms with E-state index in [-0.39, 0.29) is 5.91 Å². The standard InChI is InChI=1S/C11H25NOSSi/c1-4-5-6-9-15(2,3)10-12-11(13)7-8-14/h14H,4-10H2,1-3H3,(H,12,13). The van der Waals surface area contributed by atoms with Crippen molar-refractivity contribution < 1.29 is 4.79 Å². The zero-order valence-corrected chi connectivity index (χ0v) is 12.2. The lowest BCUT2D eigenvalue weighted by Gasteiger charge is -2.22. The highest BCUT2D eigenvalue weighted by Gasteiger charge is 2.20. The van der Waals surface area contributed by atoms with Crippen LogP contribution in [0.2, 0.25) is 19.1 Å². The summed E-state index contributed by atoms with van der Waals surface area (Å²) in [4.78, 5) is 11.3. The van der Waals surface area contributed by atoms with Gasteiger partial charge in [0.05, 0.1) is 8.07 Å². The molecule has 0 unspecified atom stereocenters. The molecule has 0 radical (unpaired) electrons. The SMILES string of the molecule is CCCCC[Si](C)(C)CNC(=O)CCS. The number of carbonyl (C=O) groups is 1. The number of unbranched alkanes of at least 4 members (excludes halogenated alkanes) is 2. The number of thiol groups is 1. The highest BCUT2D eigenvalue weighted by Crippen LogP contribution is 2.13. The largest absolute Gasteiger partial charge is 0.359 e. The number of hydrogen-bond donors (Lipinski definition) is 2. The Kier molecular flexibility index (Phi) is 8.24. The van der Waals surface area contributed by atoms with Gasteiger partial charge in [-0.25, -0.2) is 0 Å². The van der Waals surface area contributed by atoms with Crippen LogP contribution in [0.1, 0.15) is 32.6 Å². The molecule has 0 bridgehead atoms. The lowest BCUT2D eigenvalue weighted by molar-refractivity contribution is -0.120. The van der Waals surface area contributed by atoms with Gasteiger partial charge in [0, 0.05) is 12.6 Å². The number of rotatable bonds is 8. The van der Waals surface area contributed by atoms with E-state index in [4.69, 9.17) is 0 Å². The monoisotopic (exact) mass is 247 g/mol. The third-order valence-corrected chi connectivity index (χ3v) is 5.62. The van der Waals surface area contributed by atoms with Crippen molar-refractivity contribution in [3.05, 3.63) is 0 Å². The molecule has 0 spiro atoms. The second-order valence-corrected chi connectivity index (χ2v) is 10.5. The summed E-state index contributed by atoms with van der Waals surface area (Å²) in [6.45, 7) is 6.93. The summed E-state index contributed by atoms with van der Waals surface area (Å²) in [6.07, 6.45) is 5.38. The van der Waals surface area contributed by atoms with Gasteiger partial charge in [-0.1, -0.05) is 45.3 Å². The predicted octanol–water partition coefficient (Wildman–Crippen LogP) is 2.86. The summed E-state index contributed by atoms with van der Waals surface area (Å²) in [5.41, 5.74) is 0. The second kappa shape index (κ2) is 8.22. The Hall–Kier alpha value is 0.0369. The molecule has 1 amide bonds. The zero-order valence-electron chi connectivity index (χ0n) is 10.3. The zero-order chi connectivity index (χ0) is 11.7. The molecule has 0 aliphatic carbocycles. The van der Waals surface area contributed by atoms with Crippen LogP contribution in [0.4, 0.5) is 0 Å². The van der Waals surface area contributed by atoms with Crippen molar-refractivity contribution in [2.75, 3.05) is 11.9 Å². The minimum atomic E-state index is -1.19. The van der Waals surface area contributed by atoms with Gasteiger partial charge in [-0.15, -0.1) is 0 Å². The van der Waals surface area contributed by atoms with Crippen LogP contribution in [0.3, 0.4) is 0 Å². The van der Waals surface area contributed by atoms with Crippen LogP contribution < -0.4 is 5.32 Å². The van der Waals surface area contributed by atoms with Gasteiger partial charge in [0.15, 0.2) is 0 Å². The van der Waals surface area contributed by atoms with Gasteiger partial charge in [0.2, 0.25) is 5.91 Å². The molecule has 0 aromatic rings. The summed E-state index contributed by atoms with van der Waals surface area (Å²) < 4.78 is 0. The van der Waals surface area contributed by atoms with E-state index in [0.29, 0.717) is 12.2 Å². The van der Waals surface area contributed by atoms with E-state index in [2.05, 4.69) is 38.0 Å². The minimum absolute atomic E-state index is 0.154. The Morgan fingerprint density at radius 3 is 2.53 bits per heavy atom. The Bertz CT molecular complexity index is 185. The number of hydrogen-bond acceptors (Lipinski definition) is 2. The maximum absolute atomic E-state index is 11.3. The predicted molar refractivity (Wildman–Crippen MR) is 73.3 cm³/mol. The average molecular weight is 247 g/mol. The van der Waals surface area contributed by atoms with Crippen molar-refractivity contribution in [2.24, 2.45) is 0 Å². The normalized spacial score (nSPS) is 11.5. The molecule has 2 nitrogen and oxygen atoms in total. The molecule has 0 aromatic heterocycles. The van der Waals surface area contributed by atoms with Gasteiger partial charge in [-0.2, -0.15) is 12.6 Å². The number of nitrogens with one attached hydrogen (secondary N) is 1.